The van der Waals surface area contributed by atoms with Crippen molar-refractivity contribution >= 4 is 21.4 Å². The minimum Gasteiger partial charge on any atom is -0.365 e. The molecule has 0 N–H and O–H groups in total. The Labute approximate surface area is 88.6 Å². The monoisotopic (exact) mass is 234 g/mol. The van der Waals surface area contributed by atoms with Gasteiger partial charge in [0.2, 0.25) is 9.84 Å². The normalized spacial score (nSPS) is 13.9. The molecule has 0 aliphatic heterocycles. The van der Waals surface area contributed by atoms with Crippen molar-refractivity contribution in [3.63, 3.8) is 0 Å². The number of methoxy groups -OCH3 is 1. The number of hydrogen-bond acceptors (Lipinski definition) is 3. The molecule has 1 rings (SSSR count). The summed E-state index contributed by atoms with van der Waals surface area (Å²) in [5.74, 6) is 0. The summed E-state index contributed by atoms with van der Waals surface area (Å²) in [5, 5.41) is 0.508. The third-order valence-corrected chi connectivity index (χ3v) is 4.16. The van der Waals surface area contributed by atoms with Crippen LogP contribution in [0.5, 0.6) is 0 Å². The molecule has 1 unspecified atom stereocenters. The molecule has 0 fully saturated rings. The van der Waals surface area contributed by atoms with E-state index in [4.69, 9.17) is 16.3 Å². The maximum atomic E-state index is 11.7. The van der Waals surface area contributed by atoms with E-state index in [9.17, 15) is 8.42 Å². The van der Waals surface area contributed by atoms with Crippen molar-refractivity contribution in [3.8, 4) is 0 Å². The second-order valence-corrected chi connectivity index (χ2v) is 5.46. The van der Waals surface area contributed by atoms with Crippen LogP contribution in [0.4, 0.5) is 0 Å². The van der Waals surface area contributed by atoms with Crippen LogP contribution >= 0.6 is 11.6 Å². The van der Waals surface area contributed by atoms with Crippen LogP contribution in [0.25, 0.3) is 0 Å². The van der Waals surface area contributed by atoms with Gasteiger partial charge >= 0.3 is 0 Å². The molecule has 0 bridgehead atoms. The second kappa shape index (κ2) is 4.29. The van der Waals surface area contributed by atoms with Gasteiger partial charge in [0.15, 0.2) is 5.44 Å². The molecule has 0 spiro atoms. The summed E-state index contributed by atoms with van der Waals surface area (Å²) in [5.41, 5.74) is -0.844. The van der Waals surface area contributed by atoms with Crippen molar-refractivity contribution in [2.75, 3.05) is 7.11 Å². The molecule has 5 heteroatoms. The topological polar surface area (TPSA) is 43.4 Å². The SMILES string of the molecule is COC(C)S(=O)(=O)c1ccc(Cl)cc1. The molecule has 3 nitrogen and oxygen atoms in total. The molecule has 0 aliphatic rings. The number of rotatable bonds is 3. The van der Waals surface area contributed by atoms with Gasteiger partial charge < -0.3 is 4.74 Å². The zero-order valence-corrected chi connectivity index (χ0v) is 9.47. The molecule has 14 heavy (non-hydrogen) atoms. The molecular weight excluding hydrogens is 224 g/mol. The number of halogens is 1. The largest absolute Gasteiger partial charge is 0.365 e. The van der Waals surface area contributed by atoms with E-state index in [1.165, 1.54) is 38.3 Å². The van der Waals surface area contributed by atoms with E-state index in [2.05, 4.69) is 0 Å². The summed E-state index contributed by atoms with van der Waals surface area (Å²) < 4.78 is 28.2. The lowest BCUT2D eigenvalue weighted by Gasteiger charge is -2.10. The Balaban J connectivity index is 3.11. The quantitative estimate of drug-likeness (QED) is 0.805. The Morgan fingerprint density at radius 1 is 1.29 bits per heavy atom. The lowest BCUT2D eigenvalue weighted by atomic mass is 10.4. The molecular formula is C9H11ClO3S. The van der Waals surface area contributed by atoms with E-state index in [1.54, 1.807) is 0 Å². The molecule has 78 valence electrons. The number of hydrogen-bond donors (Lipinski definition) is 0. The summed E-state index contributed by atoms with van der Waals surface area (Å²) in [7, 11) is -2.03. The summed E-state index contributed by atoms with van der Waals surface area (Å²) in [4.78, 5) is 0.219. The van der Waals surface area contributed by atoms with E-state index < -0.39 is 15.3 Å². The van der Waals surface area contributed by atoms with Crippen LogP contribution in [0.3, 0.4) is 0 Å². The van der Waals surface area contributed by atoms with Crippen molar-refractivity contribution in [2.45, 2.75) is 17.3 Å². The molecule has 0 saturated carbocycles. The predicted octanol–water partition coefficient (Wildman–Crippen LogP) is 2.11. The molecule has 0 amide bonds. The summed E-state index contributed by atoms with van der Waals surface area (Å²) >= 11 is 5.65. The second-order valence-electron chi connectivity index (χ2n) is 2.80. The first-order valence-corrected chi connectivity index (χ1v) is 5.93. The van der Waals surface area contributed by atoms with Gasteiger partial charge in [0.25, 0.3) is 0 Å². The van der Waals surface area contributed by atoms with E-state index in [0.29, 0.717) is 5.02 Å². The fraction of sp³-hybridized carbons (Fsp3) is 0.333. The minimum atomic E-state index is -3.39. The maximum absolute atomic E-state index is 11.7. The van der Waals surface area contributed by atoms with Gasteiger partial charge in [-0.2, -0.15) is 0 Å². The summed E-state index contributed by atoms with van der Waals surface area (Å²) in [6.07, 6.45) is 0. The van der Waals surface area contributed by atoms with Gasteiger partial charge in [-0.3, -0.25) is 0 Å². The summed E-state index contributed by atoms with van der Waals surface area (Å²) in [6, 6.07) is 6.01. The first-order valence-electron chi connectivity index (χ1n) is 4.00. The highest BCUT2D eigenvalue weighted by molar-refractivity contribution is 7.91. The lowest BCUT2D eigenvalue weighted by molar-refractivity contribution is 0.178. The van der Waals surface area contributed by atoms with Crippen molar-refractivity contribution < 1.29 is 13.2 Å². The Hall–Kier alpha value is -0.580. The van der Waals surface area contributed by atoms with Crippen molar-refractivity contribution in [1.82, 2.24) is 0 Å². The van der Waals surface area contributed by atoms with Crippen molar-refractivity contribution in [1.29, 1.82) is 0 Å². The van der Waals surface area contributed by atoms with E-state index in [-0.39, 0.29) is 4.90 Å². The van der Waals surface area contributed by atoms with Crippen molar-refractivity contribution in [2.24, 2.45) is 0 Å². The highest BCUT2D eigenvalue weighted by atomic mass is 35.5. The number of sulfone groups is 1. The molecule has 0 saturated heterocycles. The van der Waals surface area contributed by atoms with Crippen LogP contribution in [0.1, 0.15) is 6.92 Å². The predicted molar refractivity (Wildman–Crippen MR) is 55.1 cm³/mol. The van der Waals surface area contributed by atoms with E-state index in [1.807, 2.05) is 0 Å². The highest BCUT2D eigenvalue weighted by Crippen LogP contribution is 2.18. The lowest BCUT2D eigenvalue weighted by Crippen LogP contribution is -2.19. The van der Waals surface area contributed by atoms with Crippen LogP contribution in [0.2, 0.25) is 5.02 Å². The Bertz CT molecular complexity index is 397. The van der Waals surface area contributed by atoms with Gasteiger partial charge in [-0.15, -0.1) is 0 Å². The average molecular weight is 235 g/mol. The van der Waals surface area contributed by atoms with E-state index in [0.717, 1.165) is 0 Å². The first-order chi connectivity index (χ1) is 6.48. The van der Waals surface area contributed by atoms with Crippen LogP contribution < -0.4 is 0 Å². The third-order valence-electron chi connectivity index (χ3n) is 1.91. The summed E-state index contributed by atoms with van der Waals surface area (Å²) in [6.45, 7) is 1.49. The smallest absolute Gasteiger partial charge is 0.204 e. The molecule has 0 heterocycles. The highest BCUT2D eigenvalue weighted by Gasteiger charge is 2.22. The Kier molecular flexibility index (Phi) is 3.53. The standard InChI is InChI=1S/C9H11ClO3S/c1-7(13-2)14(11,12)9-5-3-8(10)4-6-9/h3-7H,1-2H3. The van der Waals surface area contributed by atoms with Gasteiger partial charge in [0, 0.05) is 12.1 Å². The molecule has 0 radical (unpaired) electrons. The fourth-order valence-electron chi connectivity index (χ4n) is 0.943. The van der Waals surface area contributed by atoms with Crippen molar-refractivity contribution in [3.05, 3.63) is 29.3 Å². The van der Waals surface area contributed by atoms with Gasteiger partial charge in [0.05, 0.1) is 4.90 Å². The fourth-order valence-corrected chi connectivity index (χ4v) is 2.22. The zero-order valence-electron chi connectivity index (χ0n) is 7.90. The Morgan fingerprint density at radius 2 is 1.79 bits per heavy atom. The average Bonchev–Trinajstić information content (AvgIpc) is 2.17. The van der Waals surface area contributed by atoms with Gasteiger partial charge in [-0.1, -0.05) is 11.6 Å². The maximum Gasteiger partial charge on any atom is 0.204 e. The van der Waals surface area contributed by atoms with Gasteiger partial charge in [-0.25, -0.2) is 8.42 Å². The van der Waals surface area contributed by atoms with Crippen LogP contribution in [-0.4, -0.2) is 21.0 Å². The number of benzene rings is 1. The molecule has 1 aromatic rings. The molecule has 0 aromatic heterocycles. The molecule has 1 aromatic carbocycles. The molecule has 0 aliphatic carbocycles. The van der Waals surface area contributed by atoms with Crippen LogP contribution in [0.15, 0.2) is 29.2 Å². The molecule has 1 atom stereocenters. The zero-order chi connectivity index (χ0) is 10.8. The van der Waals surface area contributed by atoms with Gasteiger partial charge in [0.1, 0.15) is 0 Å². The first kappa shape index (κ1) is 11.5. The van der Waals surface area contributed by atoms with Crippen LogP contribution in [-0.2, 0) is 14.6 Å². The number of ether oxygens (including phenoxy) is 1. The third kappa shape index (κ3) is 2.26. The van der Waals surface area contributed by atoms with Crippen LogP contribution in [0, 0.1) is 0 Å². The minimum absolute atomic E-state index is 0.219. The Morgan fingerprint density at radius 3 is 2.21 bits per heavy atom. The van der Waals surface area contributed by atoms with Gasteiger partial charge in [-0.05, 0) is 31.2 Å². The van der Waals surface area contributed by atoms with E-state index >= 15 is 0 Å².